The predicted octanol–water partition coefficient (Wildman–Crippen LogP) is 1.27. The lowest BCUT2D eigenvalue weighted by atomic mass is 10.1. The molecule has 0 unspecified atom stereocenters. The van der Waals surface area contributed by atoms with Gasteiger partial charge in [0.2, 0.25) is 7.98 Å². The van der Waals surface area contributed by atoms with E-state index in [1.165, 1.54) is 0 Å². The first-order valence-corrected chi connectivity index (χ1v) is 3.65. The van der Waals surface area contributed by atoms with Gasteiger partial charge in [-0.15, -0.1) is 0 Å². The van der Waals surface area contributed by atoms with Crippen molar-refractivity contribution in [1.29, 1.82) is 5.41 Å². The van der Waals surface area contributed by atoms with Crippen molar-refractivity contribution in [2.75, 3.05) is 5.23 Å². The Labute approximate surface area is 73.2 Å². The fourth-order valence-corrected chi connectivity index (χ4v) is 0.969. The Kier molecular flexibility index (Phi) is 2.48. The summed E-state index contributed by atoms with van der Waals surface area (Å²) in [7, 11) is 5.25. The van der Waals surface area contributed by atoms with Crippen LogP contribution < -0.4 is 5.23 Å². The molecule has 0 aliphatic rings. The van der Waals surface area contributed by atoms with Crippen LogP contribution in [-0.2, 0) is 0 Å². The smallest absolute Gasteiger partial charge is 0.224 e. The van der Waals surface area contributed by atoms with Crippen LogP contribution in [0.3, 0.4) is 0 Å². The van der Waals surface area contributed by atoms with Gasteiger partial charge in [-0.2, -0.15) is 0 Å². The first-order chi connectivity index (χ1) is 5.65. The Morgan fingerprint density at radius 1 is 1.58 bits per heavy atom. The zero-order valence-electron chi connectivity index (χ0n) is 7.18. The lowest BCUT2D eigenvalue weighted by Crippen LogP contribution is -2.04. The fourth-order valence-electron chi connectivity index (χ4n) is 0.969. The Bertz CT molecular complexity index is 309. The third-order valence-corrected chi connectivity index (χ3v) is 1.58. The second-order valence-corrected chi connectivity index (χ2v) is 2.62. The van der Waals surface area contributed by atoms with E-state index >= 15 is 0 Å². The molecular formula is C8H10BN3. The summed E-state index contributed by atoms with van der Waals surface area (Å²) in [6, 6.07) is 3.69. The molecule has 3 nitrogen and oxygen atoms in total. The number of rotatable bonds is 2. The molecule has 1 heterocycles. The molecule has 0 aliphatic carbocycles. The monoisotopic (exact) mass is 159 g/mol. The first kappa shape index (κ1) is 8.78. The van der Waals surface area contributed by atoms with Gasteiger partial charge >= 0.3 is 0 Å². The average molecular weight is 159 g/mol. The maximum Gasteiger partial charge on any atom is 0.224 e. The molecule has 0 aromatic carbocycles. The van der Waals surface area contributed by atoms with Crippen molar-refractivity contribution in [2.45, 2.75) is 13.8 Å². The molecule has 4 heteroatoms. The van der Waals surface area contributed by atoms with Crippen LogP contribution in [0.2, 0.25) is 0 Å². The van der Waals surface area contributed by atoms with Gasteiger partial charge in [-0.3, -0.25) is 0 Å². The number of hydrogen-bond acceptors (Lipinski definition) is 3. The molecule has 0 atom stereocenters. The van der Waals surface area contributed by atoms with Gasteiger partial charge < -0.3 is 10.6 Å². The summed E-state index contributed by atoms with van der Waals surface area (Å²) in [5.74, 6) is 0.558. The van der Waals surface area contributed by atoms with Gasteiger partial charge in [0.1, 0.15) is 5.82 Å². The van der Waals surface area contributed by atoms with E-state index in [1.54, 1.807) is 6.92 Å². The number of aromatic nitrogens is 1. The molecule has 0 fully saturated rings. The van der Waals surface area contributed by atoms with Crippen molar-refractivity contribution in [3.63, 3.8) is 0 Å². The minimum Gasteiger partial charge on any atom is -0.422 e. The highest BCUT2D eigenvalue weighted by Gasteiger charge is 2.03. The zero-order valence-corrected chi connectivity index (χ0v) is 7.18. The van der Waals surface area contributed by atoms with Crippen molar-refractivity contribution in [3.8, 4) is 0 Å². The van der Waals surface area contributed by atoms with Crippen LogP contribution >= 0.6 is 0 Å². The maximum atomic E-state index is 7.41. The molecule has 60 valence electrons. The van der Waals surface area contributed by atoms with E-state index in [0.29, 0.717) is 11.5 Å². The van der Waals surface area contributed by atoms with Crippen LogP contribution in [0.4, 0.5) is 5.82 Å². The van der Waals surface area contributed by atoms with Crippen LogP contribution in [0, 0.1) is 12.3 Å². The van der Waals surface area contributed by atoms with Gasteiger partial charge in [0.25, 0.3) is 0 Å². The van der Waals surface area contributed by atoms with Gasteiger partial charge in [-0.1, -0.05) is 0 Å². The maximum absolute atomic E-state index is 7.41. The van der Waals surface area contributed by atoms with E-state index in [0.717, 1.165) is 11.3 Å². The summed E-state index contributed by atoms with van der Waals surface area (Å²) in [4.78, 5) is 4.14. The van der Waals surface area contributed by atoms with Crippen LogP contribution in [0.15, 0.2) is 12.1 Å². The molecule has 0 amide bonds. The van der Waals surface area contributed by atoms with Gasteiger partial charge in [-0.25, -0.2) is 4.98 Å². The number of nitrogens with one attached hydrogen (secondary N) is 2. The third-order valence-electron chi connectivity index (χ3n) is 1.58. The number of anilines is 1. The van der Waals surface area contributed by atoms with Crippen molar-refractivity contribution in [2.24, 2.45) is 0 Å². The van der Waals surface area contributed by atoms with E-state index in [1.807, 2.05) is 19.1 Å². The molecule has 1 rings (SSSR count). The highest BCUT2D eigenvalue weighted by molar-refractivity contribution is 6.17. The summed E-state index contributed by atoms with van der Waals surface area (Å²) < 4.78 is 0. The Morgan fingerprint density at radius 2 is 2.25 bits per heavy atom. The summed E-state index contributed by atoms with van der Waals surface area (Å²) in [6.07, 6.45) is 0. The standard InChI is InChI=1S/C8H10BN3/c1-5-3-4-7(6(2)10)8(11-5)12-9/h3-4,10H,1-2H3,(H,11,12). The molecule has 0 spiro atoms. The van der Waals surface area contributed by atoms with Crippen LogP contribution in [0.25, 0.3) is 0 Å². The molecule has 12 heavy (non-hydrogen) atoms. The Morgan fingerprint density at radius 3 is 2.75 bits per heavy atom. The molecule has 0 saturated heterocycles. The van der Waals surface area contributed by atoms with Crippen molar-refractivity contribution in [1.82, 2.24) is 4.98 Å². The first-order valence-electron chi connectivity index (χ1n) is 3.65. The summed E-state index contributed by atoms with van der Waals surface area (Å²) in [5.41, 5.74) is 2.08. The van der Waals surface area contributed by atoms with Crippen molar-refractivity contribution < 1.29 is 0 Å². The third kappa shape index (κ3) is 1.64. The zero-order chi connectivity index (χ0) is 9.14. The van der Waals surface area contributed by atoms with Crippen molar-refractivity contribution >= 4 is 19.5 Å². The molecule has 0 saturated carbocycles. The Hall–Kier alpha value is -1.32. The molecular weight excluding hydrogens is 149 g/mol. The van der Waals surface area contributed by atoms with E-state index < -0.39 is 0 Å². The van der Waals surface area contributed by atoms with Gasteiger partial charge in [-0.05, 0) is 26.0 Å². The van der Waals surface area contributed by atoms with Gasteiger partial charge in [0.05, 0.1) is 0 Å². The number of pyridine rings is 1. The van der Waals surface area contributed by atoms with Crippen molar-refractivity contribution in [3.05, 3.63) is 23.4 Å². The topological polar surface area (TPSA) is 48.8 Å². The van der Waals surface area contributed by atoms with Crippen LogP contribution in [0.5, 0.6) is 0 Å². The molecule has 2 N–H and O–H groups in total. The molecule has 1 aromatic heterocycles. The molecule has 0 bridgehead atoms. The minimum atomic E-state index is 0.454. The normalized spacial score (nSPS) is 9.50. The number of aryl methyl sites for hydroxylation is 1. The molecule has 1 aromatic rings. The van der Waals surface area contributed by atoms with E-state index in [-0.39, 0.29) is 0 Å². The number of hydrogen-bond donors (Lipinski definition) is 2. The van der Waals surface area contributed by atoms with E-state index in [9.17, 15) is 0 Å². The summed E-state index contributed by atoms with van der Waals surface area (Å²) in [5, 5.41) is 9.88. The summed E-state index contributed by atoms with van der Waals surface area (Å²) >= 11 is 0. The molecule has 0 aliphatic heterocycles. The van der Waals surface area contributed by atoms with Crippen LogP contribution in [0.1, 0.15) is 18.2 Å². The second kappa shape index (κ2) is 3.39. The lowest BCUT2D eigenvalue weighted by molar-refractivity contribution is 1.20. The minimum absolute atomic E-state index is 0.454. The van der Waals surface area contributed by atoms with E-state index in [4.69, 9.17) is 13.4 Å². The molecule has 2 radical (unpaired) electrons. The lowest BCUT2D eigenvalue weighted by Gasteiger charge is -2.07. The number of nitrogens with zero attached hydrogens (tertiary/aromatic N) is 1. The largest absolute Gasteiger partial charge is 0.422 e. The summed E-state index contributed by atoms with van der Waals surface area (Å²) in [6.45, 7) is 3.58. The predicted molar refractivity (Wildman–Crippen MR) is 50.9 cm³/mol. The fraction of sp³-hybridized carbons (Fsp3) is 0.250. The SMILES string of the molecule is [B]Nc1nc(C)ccc1C(C)=N. The average Bonchev–Trinajstić information content (AvgIpc) is 2.03. The van der Waals surface area contributed by atoms with Gasteiger partial charge in [0, 0.05) is 17.0 Å². The Balaban J connectivity index is 3.20. The quantitative estimate of drug-likeness (QED) is 0.504. The van der Waals surface area contributed by atoms with Crippen LogP contribution in [-0.4, -0.2) is 18.7 Å². The van der Waals surface area contributed by atoms with Gasteiger partial charge in [0.15, 0.2) is 0 Å². The highest BCUT2D eigenvalue weighted by atomic mass is 14.9. The van der Waals surface area contributed by atoms with E-state index in [2.05, 4.69) is 10.2 Å². The second-order valence-electron chi connectivity index (χ2n) is 2.62. The highest BCUT2D eigenvalue weighted by Crippen LogP contribution is 2.12.